The van der Waals surface area contributed by atoms with Crippen LogP contribution in [0.25, 0.3) is 0 Å². The van der Waals surface area contributed by atoms with Crippen LogP contribution in [-0.4, -0.2) is 25.0 Å². The van der Waals surface area contributed by atoms with Crippen LogP contribution in [0.5, 0.6) is 0 Å². The first kappa shape index (κ1) is 11.6. The van der Waals surface area contributed by atoms with Gasteiger partial charge in [0, 0.05) is 6.04 Å². The molecule has 0 saturated heterocycles. The fraction of sp³-hybridized carbons (Fsp3) is 0.571. The number of halogens is 1. The van der Waals surface area contributed by atoms with E-state index in [9.17, 15) is 4.39 Å². The van der Waals surface area contributed by atoms with Gasteiger partial charge in [-0.1, -0.05) is 19.1 Å². The molecule has 1 fully saturated rings. The van der Waals surface area contributed by atoms with Gasteiger partial charge in [0.15, 0.2) is 0 Å². The van der Waals surface area contributed by atoms with Crippen LogP contribution < -0.4 is 0 Å². The van der Waals surface area contributed by atoms with Gasteiger partial charge in [0.25, 0.3) is 0 Å². The first-order valence-corrected chi connectivity index (χ1v) is 6.00. The second-order valence-corrected chi connectivity index (χ2v) is 5.22. The average Bonchev–Trinajstić information content (AvgIpc) is 2.62. The summed E-state index contributed by atoms with van der Waals surface area (Å²) in [6, 6.07) is 7.70. The SMILES string of the molecule is C[C@@H]1C[C@H](N(C)C)C[C@H]1c1ccc(F)cc1. The van der Waals surface area contributed by atoms with Gasteiger partial charge in [0.05, 0.1) is 0 Å². The van der Waals surface area contributed by atoms with Gasteiger partial charge in [-0.3, -0.25) is 0 Å². The summed E-state index contributed by atoms with van der Waals surface area (Å²) in [5.74, 6) is 1.14. The Bertz CT molecular complexity index is 344. The van der Waals surface area contributed by atoms with Crippen molar-refractivity contribution in [3.8, 4) is 0 Å². The van der Waals surface area contributed by atoms with E-state index in [4.69, 9.17) is 0 Å². The van der Waals surface area contributed by atoms with Crippen molar-refractivity contribution in [2.45, 2.75) is 31.7 Å². The van der Waals surface area contributed by atoms with E-state index in [-0.39, 0.29) is 5.82 Å². The van der Waals surface area contributed by atoms with E-state index in [1.807, 2.05) is 12.1 Å². The number of benzene rings is 1. The van der Waals surface area contributed by atoms with E-state index < -0.39 is 0 Å². The first-order valence-electron chi connectivity index (χ1n) is 6.00. The van der Waals surface area contributed by atoms with Crippen molar-refractivity contribution >= 4 is 0 Å². The molecule has 0 aromatic heterocycles. The van der Waals surface area contributed by atoms with Crippen molar-refractivity contribution in [2.75, 3.05) is 14.1 Å². The van der Waals surface area contributed by atoms with Crippen LogP contribution >= 0.6 is 0 Å². The molecule has 2 heteroatoms. The minimum atomic E-state index is -0.140. The van der Waals surface area contributed by atoms with E-state index in [2.05, 4.69) is 25.9 Å². The highest BCUT2D eigenvalue weighted by molar-refractivity contribution is 5.22. The third kappa shape index (κ3) is 2.27. The summed E-state index contributed by atoms with van der Waals surface area (Å²) in [5.41, 5.74) is 1.29. The van der Waals surface area contributed by atoms with Crippen molar-refractivity contribution in [2.24, 2.45) is 5.92 Å². The van der Waals surface area contributed by atoms with Crippen molar-refractivity contribution in [1.29, 1.82) is 0 Å². The van der Waals surface area contributed by atoms with E-state index in [0.717, 1.165) is 0 Å². The molecule has 0 aliphatic heterocycles. The molecule has 1 saturated carbocycles. The summed E-state index contributed by atoms with van der Waals surface area (Å²) in [6.45, 7) is 2.30. The third-order valence-corrected chi connectivity index (χ3v) is 3.89. The predicted octanol–water partition coefficient (Wildman–Crippen LogP) is 3.27. The second-order valence-electron chi connectivity index (χ2n) is 5.22. The molecule has 1 nitrogen and oxygen atoms in total. The molecule has 0 unspecified atom stereocenters. The zero-order valence-corrected chi connectivity index (χ0v) is 10.3. The summed E-state index contributed by atoms with van der Waals surface area (Å²) in [4.78, 5) is 2.31. The fourth-order valence-corrected chi connectivity index (χ4v) is 2.81. The Kier molecular flexibility index (Phi) is 3.29. The zero-order valence-electron chi connectivity index (χ0n) is 10.3. The van der Waals surface area contributed by atoms with Crippen molar-refractivity contribution in [1.82, 2.24) is 4.90 Å². The molecule has 1 aromatic carbocycles. The Morgan fingerprint density at radius 3 is 2.25 bits per heavy atom. The van der Waals surface area contributed by atoms with Crippen molar-refractivity contribution < 1.29 is 4.39 Å². The largest absolute Gasteiger partial charge is 0.306 e. The summed E-state index contributed by atoms with van der Waals surface area (Å²) in [7, 11) is 4.29. The Labute approximate surface area is 97.3 Å². The molecule has 2 rings (SSSR count). The lowest BCUT2D eigenvalue weighted by atomic mass is 9.90. The predicted molar refractivity (Wildman–Crippen MR) is 65.0 cm³/mol. The molecular weight excluding hydrogens is 201 g/mol. The Balaban J connectivity index is 2.13. The maximum atomic E-state index is 12.9. The minimum Gasteiger partial charge on any atom is -0.306 e. The molecule has 16 heavy (non-hydrogen) atoms. The van der Waals surface area contributed by atoms with Gasteiger partial charge >= 0.3 is 0 Å². The van der Waals surface area contributed by atoms with Crippen LogP contribution in [0.4, 0.5) is 4.39 Å². The zero-order chi connectivity index (χ0) is 11.7. The number of hydrogen-bond donors (Lipinski definition) is 0. The van der Waals surface area contributed by atoms with Gasteiger partial charge in [-0.15, -0.1) is 0 Å². The molecule has 3 atom stereocenters. The van der Waals surface area contributed by atoms with Gasteiger partial charge < -0.3 is 4.90 Å². The normalized spacial score (nSPS) is 29.9. The monoisotopic (exact) mass is 221 g/mol. The van der Waals surface area contributed by atoms with Crippen LogP contribution in [0, 0.1) is 11.7 Å². The summed E-state index contributed by atoms with van der Waals surface area (Å²) in [5, 5.41) is 0. The lowest BCUT2D eigenvalue weighted by molar-refractivity contribution is 0.292. The molecule has 1 aromatic rings. The maximum absolute atomic E-state index is 12.9. The topological polar surface area (TPSA) is 3.24 Å². The number of nitrogens with zero attached hydrogens (tertiary/aromatic N) is 1. The first-order chi connectivity index (χ1) is 7.58. The smallest absolute Gasteiger partial charge is 0.123 e. The van der Waals surface area contributed by atoms with Gasteiger partial charge in [-0.2, -0.15) is 0 Å². The Morgan fingerprint density at radius 1 is 1.12 bits per heavy atom. The van der Waals surface area contributed by atoms with Crippen molar-refractivity contribution in [3.63, 3.8) is 0 Å². The van der Waals surface area contributed by atoms with Crippen LogP contribution in [0.1, 0.15) is 31.2 Å². The highest BCUT2D eigenvalue weighted by Gasteiger charge is 2.33. The lowest BCUT2D eigenvalue weighted by Gasteiger charge is -2.19. The second kappa shape index (κ2) is 4.54. The molecule has 0 heterocycles. The highest BCUT2D eigenvalue weighted by Crippen LogP contribution is 2.40. The van der Waals surface area contributed by atoms with Gasteiger partial charge in [-0.25, -0.2) is 4.39 Å². The standard InChI is InChI=1S/C14H20FN/c1-10-8-13(16(2)3)9-14(10)11-4-6-12(15)7-5-11/h4-7,10,13-14H,8-9H2,1-3H3/t10-,13+,14-/m1/s1. The maximum Gasteiger partial charge on any atom is 0.123 e. The van der Waals surface area contributed by atoms with Crippen molar-refractivity contribution in [3.05, 3.63) is 35.6 Å². The van der Waals surface area contributed by atoms with Crippen LogP contribution in [0.3, 0.4) is 0 Å². The fourth-order valence-electron chi connectivity index (χ4n) is 2.81. The van der Waals surface area contributed by atoms with Gasteiger partial charge in [-0.05, 0) is 56.5 Å². The van der Waals surface area contributed by atoms with Gasteiger partial charge in [0.1, 0.15) is 5.82 Å². The minimum absolute atomic E-state index is 0.140. The lowest BCUT2D eigenvalue weighted by Crippen LogP contribution is -2.24. The highest BCUT2D eigenvalue weighted by atomic mass is 19.1. The van der Waals surface area contributed by atoms with Crippen LogP contribution in [0.15, 0.2) is 24.3 Å². The van der Waals surface area contributed by atoms with E-state index in [1.165, 1.54) is 18.4 Å². The average molecular weight is 221 g/mol. The number of hydrogen-bond acceptors (Lipinski definition) is 1. The molecule has 0 amide bonds. The Hall–Kier alpha value is -0.890. The third-order valence-electron chi connectivity index (χ3n) is 3.89. The van der Waals surface area contributed by atoms with Crippen LogP contribution in [-0.2, 0) is 0 Å². The molecule has 0 bridgehead atoms. The molecule has 1 aliphatic rings. The molecule has 0 radical (unpaired) electrons. The van der Waals surface area contributed by atoms with E-state index in [1.54, 1.807) is 12.1 Å². The van der Waals surface area contributed by atoms with Crippen LogP contribution in [0.2, 0.25) is 0 Å². The molecule has 0 spiro atoms. The number of rotatable bonds is 2. The summed E-state index contributed by atoms with van der Waals surface area (Å²) >= 11 is 0. The molecular formula is C14H20FN. The molecule has 0 N–H and O–H groups in total. The van der Waals surface area contributed by atoms with Gasteiger partial charge in [0.2, 0.25) is 0 Å². The summed E-state index contributed by atoms with van der Waals surface area (Å²) in [6.07, 6.45) is 2.44. The molecule has 88 valence electrons. The van der Waals surface area contributed by atoms with E-state index >= 15 is 0 Å². The molecule has 1 aliphatic carbocycles. The Morgan fingerprint density at radius 2 is 1.75 bits per heavy atom. The summed E-state index contributed by atoms with van der Waals surface area (Å²) < 4.78 is 12.9. The van der Waals surface area contributed by atoms with E-state index in [0.29, 0.717) is 17.9 Å². The quantitative estimate of drug-likeness (QED) is 0.741.